The third kappa shape index (κ3) is 3.04. The second-order valence-electron chi connectivity index (χ2n) is 3.95. The standard InChI is InChI=1S/C11H15N3OS/c1-7(2)9(6-12)10(15)14-8(3)11-13-4-5-16-11/h4-5,7-9H,1-3H3,(H,14,15). The lowest BCUT2D eigenvalue weighted by Crippen LogP contribution is -2.34. The Hall–Kier alpha value is -1.41. The number of hydrogen-bond donors (Lipinski definition) is 1. The van der Waals surface area contributed by atoms with Gasteiger partial charge in [-0.25, -0.2) is 4.98 Å². The van der Waals surface area contributed by atoms with Crippen LogP contribution < -0.4 is 5.32 Å². The number of carbonyl (C=O) groups excluding carboxylic acids is 1. The van der Waals surface area contributed by atoms with E-state index in [1.54, 1.807) is 6.20 Å². The van der Waals surface area contributed by atoms with Gasteiger partial charge in [-0.3, -0.25) is 4.79 Å². The molecule has 0 aliphatic rings. The molecule has 2 atom stereocenters. The average molecular weight is 237 g/mol. The molecule has 2 unspecified atom stereocenters. The van der Waals surface area contributed by atoms with Crippen molar-refractivity contribution in [1.82, 2.24) is 10.3 Å². The summed E-state index contributed by atoms with van der Waals surface area (Å²) >= 11 is 1.49. The molecule has 0 aliphatic carbocycles. The van der Waals surface area contributed by atoms with Crippen LogP contribution in [0.4, 0.5) is 0 Å². The predicted molar refractivity (Wildman–Crippen MR) is 62.6 cm³/mol. The van der Waals surface area contributed by atoms with Gasteiger partial charge in [-0.15, -0.1) is 11.3 Å². The topological polar surface area (TPSA) is 65.8 Å². The minimum Gasteiger partial charge on any atom is -0.346 e. The fourth-order valence-electron chi connectivity index (χ4n) is 1.32. The molecule has 0 saturated heterocycles. The van der Waals surface area contributed by atoms with Crippen LogP contribution in [0.3, 0.4) is 0 Å². The molecule has 0 aliphatic heterocycles. The van der Waals surface area contributed by atoms with Crippen LogP contribution in [0.25, 0.3) is 0 Å². The number of nitrogens with one attached hydrogen (secondary N) is 1. The molecule has 0 spiro atoms. The lowest BCUT2D eigenvalue weighted by molar-refractivity contribution is -0.125. The number of rotatable bonds is 4. The highest BCUT2D eigenvalue weighted by Gasteiger charge is 2.23. The molecule has 0 radical (unpaired) electrons. The second kappa shape index (κ2) is 5.61. The van der Waals surface area contributed by atoms with Crippen LogP contribution in [-0.2, 0) is 4.79 Å². The van der Waals surface area contributed by atoms with Crippen molar-refractivity contribution in [1.29, 1.82) is 5.26 Å². The molecule has 4 nitrogen and oxygen atoms in total. The molecule has 0 saturated carbocycles. The minimum absolute atomic E-state index is 0.0218. The summed E-state index contributed by atoms with van der Waals surface area (Å²) in [4.78, 5) is 15.9. The summed E-state index contributed by atoms with van der Waals surface area (Å²) in [6.07, 6.45) is 1.70. The smallest absolute Gasteiger partial charge is 0.238 e. The van der Waals surface area contributed by atoms with Crippen molar-refractivity contribution < 1.29 is 4.79 Å². The molecule has 16 heavy (non-hydrogen) atoms. The van der Waals surface area contributed by atoms with Gasteiger partial charge in [0.15, 0.2) is 0 Å². The number of nitriles is 1. The van der Waals surface area contributed by atoms with Gasteiger partial charge in [0.1, 0.15) is 10.9 Å². The number of amides is 1. The maximum Gasteiger partial charge on any atom is 0.238 e. The first kappa shape index (κ1) is 12.7. The quantitative estimate of drug-likeness (QED) is 0.872. The van der Waals surface area contributed by atoms with E-state index in [1.165, 1.54) is 11.3 Å². The molecule has 0 fully saturated rings. The summed E-state index contributed by atoms with van der Waals surface area (Å²) in [5, 5.41) is 14.4. The Morgan fingerprint density at radius 3 is 2.69 bits per heavy atom. The van der Waals surface area contributed by atoms with Crippen LogP contribution in [-0.4, -0.2) is 10.9 Å². The molecule has 86 valence electrons. The highest BCUT2D eigenvalue weighted by Crippen LogP contribution is 2.17. The molecule has 1 aromatic heterocycles. The van der Waals surface area contributed by atoms with E-state index in [1.807, 2.05) is 32.2 Å². The van der Waals surface area contributed by atoms with Gasteiger partial charge in [0.2, 0.25) is 5.91 Å². The van der Waals surface area contributed by atoms with Crippen molar-refractivity contribution in [2.45, 2.75) is 26.8 Å². The van der Waals surface area contributed by atoms with Crippen molar-refractivity contribution in [2.75, 3.05) is 0 Å². The summed E-state index contributed by atoms with van der Waals surface area (Å²) in [5.41, 5.74) is 0. The maximum absolute atomic E-state index is 11.8. The van der Waals surface area contributed by atoms with Crippen LogP contribution >= 0.6 is 11.3 Å². The first-order valence-electron chi connectivity index (χ1n) is 5.15. The number of carbonyl (C=O) groups is 1. The lowest BCUT2D eigenvalue weighted by Gasteiger charge is -2.16. The average Bonchev–Trinajstić information content (AvgIpc) is 2.70. The van der Waals surface area contributed by atoms with E-state index in [4.69, 9.17) is 5.26 Å². The van der Waals surface area contributed by atoms with E-state index in [0.717, 1.165) is 5.01 Å². The molecule has 5 heteroatoms. The number of aromatic nitrogens is 1. The Morgan fingerprint density at radius 2 is 2.25 bits per heavy atom. The van der Waals surface area contributed by atoms with Crippen LogP contribution in [0.2, 0.25) is 0 Å². The fraction of sp³-hybridized carbons (Fsp3) is 0.545. The van der Waals surface area contributed by atoms with Gasteiger partial charge in [0.05, 0.1) is 12.1 Å². The Morgan fingerprint density at radius 1 is 1.56 bits per heavy atom. The van der Waals surface area contributed by atoms with Gasteiger partial charge in [-0.05, 0) is 12.8 Å². The van der Waals surface area contributed by atoms with E-state index < -0.39 is 5.92 Å². The van der Waals surface area contributed by atoms with Crippen LogP contribution in [0, 0.1) is 23.2 Å². The van der Waals surface area contributed by atoms with E-state index in [2.05, 4.69) is 10.3 Å². The molecule has 1 aromatic rings. The van der Waals surface area contributed by atoms with Crippen molar-refractivity contribution in [3.63, 3.8) is 0 Å². The summed E-state index contributed by atoms with van der Waals surface area (Å²) in [6, 6.07) is 1.89. The van der Waals surface area contributed by atoms with E-state index >= 15 is 0 Å². The Balaban J connectivity index is 2.61. The molecule has 1 N–H and O–H groups in total. The van der Waals surface area contributed by atoms with E-state index in [9.17, 15) is 4.79 Å². The van der Waals surface area contributed by atoms with Gasteiger partial charge in [0.25, 0.3) is 0 Å². The molecular weight excluding hydrogens is 222 g/mol. The molecule has 1 heterocycles. The third-order valence-electron chi connectivity index (χ3n) is 2.27. The zero-order valence-electron chi connectivity index (χ0n) is 9.60. The summed E-state index contributed by atoms with van der Waals surface area (Å²) < 4.78 is 0. The third-order valence-corrected chi connectivity index (χ3v) is 3.23. The van der Waals surface area contributed by atoms with Gasteiger partial charge >= 0.3 is 0 Å². The molecule has 0 aromatic carbocycles. The van der Waals surface area contributed by atoms with Crippen LogP contribution in [0.5, 0.6) is 0 Å². The number of thiazole rings is 1. The van der Waals surface area contributed by atoms with Crippen molar-refractivity contribution in [2.24, 2.45) is 11.8 Å². The largest absolute Gasteiger partial charge is 0.346 e. The first-order chi connectivity index (χ1) is 7.56. The fourth-order valence-corrected chi connectivity index (χ4v) is 1.97. The second-order valence-corrected chi connectivity index (χ2v) is 4.88. The van der Waals surface area contributed by atoms with Crippen molar-refractivity contribution in [3.05, 3.63) is 16.6 Å². The highest BCUT2D eigenvalue weighted by molar-refractivity contribution is 7.09. The van der Waals surface area contributed by atoms with E-state index in [0.29, 0.717) is 0 Å². The molecular formula is C11H15N3OS. The zero-order chi connectivity index (χ0) is 12.1. The van der Waals surface area contributed by atoms with Gasteiger partial charge in [0, 0.05) is 11.6 Å². The number of nitrogens with zero attached hydrogens (tertiary/aromatic N) is 2. The minimum atomic E-state index is -0.595. The summed E-state index contributed by atoms with van der Waals surface area (Å²) in [6.45, 7) is 5.59. The SMILES string of the molecule is CC(NC(=O)C(C#N)C(C)C)c1nccs1. The van der Waals surface area contributed by atoms with Crippen molar-refractivity contribution in [3.8, 4) is 6.07 Å². The Kier molecular flexibility index (Phi) is 4.44. The molecule has 1 rings (SSSR count). The lowest BCUT2D eigenvalue weighted by atomic mass is 9.96. The predicted octanol–water partition coefficient (Wildman–Crippen LogP) is 2.12. The van der Waals surface area contributed by atoms with Gasteiger partial charge in [-0.2, -0.15) is 5.26 Å². The monoisotopic (exact) mass is 237 g/mol. The molecule has 0 bridgehead atoms. The zero-order valence-corrected chi connectivity index (χ0v) is 10.4. The summed E-state index contributed by atoms with van der Waals surface area (Å²) in [7, 11) is 0. The van der Waals surface area contributed by atoms with Gasteiger partial charge in [-0.1, -0.05) is 13.8 Å². The number of hydrogen-bond acceptors (Lipinski definition) is 4. The van der Waals surface area contributed by atoms with Gasteiger partial charge < -0.3 is 5.32 Å². The summed E-state index contributed by atoms with van der Waals surface area (Å²) in [5.74, 6) is -0.795. The maximum atomic E-state index is 11.8. The molecule has 1 amide bonds. The first-order valence-corrected chi connectivity index (χ1v) is 6.03. The Bertz CT molecular complexity index is 380. The van der Waals surface area contributed by atoms with Crippen LogP contribution in [0.1, 0.15) is 31.8 Å². The highest BCUT2D eigenvalue weighted by atomic mass is 32.1. The van der Waals surface area contributed by atoms with E-state index in [-0.39, 0.29) is 17.9 Å². The van der Waals surface area contributed by atoms with Crippen molar-refractivity contribution >= 4 is 17.2 Å². The normalized spacial score (nSPS) is 14.2. The Labute approximate surface area is 99.3 Å². The van der Waals surface area contributed by atoms with Crippen LogP contribution in [0.15, 0.2) is 11.6 Å².